The molecule has 1 aromatic heterocycles. The number of benzene rings is 3. The lowest BCUT2D eigenvalue weighted by Crippen LogP contribution is -2.27. The van der Waals surface area contributed by atoms with Crippen LogP contribution in [-0.4, -0.2) is 47.2 Å². The van der Waals surface area contributed by atoms with Gasteiger partial charge in [-0.05, 0) is 36.4 Å². The van der Waals surface area contributed by atoms with Gasteiger partial charge in [0, 0.05) is 31.5 Å². The van der Waals surface area contributed by atoms with Crippen molar-refractivity contribution in [2.75, 3.05) is 26.0 Å². The maximum Gasteiger partial charge on any atom is 0.259 e. The van der Waals surface area contributed by atoms with Crippen LogP contribution < -0.4 is 10.1 Å². The van der Waals surface area contributed by atoms with Gasteiger partial charge in [-0.2, -0.15) is 5.10 Å². The topological polar surface area (TPSA) is 76.5 Å². The molecule has 2 amide bonds. The second kappa shape index (κ2) is 9.82. The molecule has 0 saturated heterocycles. The van der Waals surface area contributed by atoms with E-state index in [1.807, 2.05) is 60.7 Å². The van der Waals surface area contributed by atoms with Crippen molar-refractivity contribution in [3.63, 3.8) is 0 Å². The van der Waals surface area contributed by atoms with E-state index in [4.69, 9.17) is 4.74 Å². The van der Waals surface area contributed by atoms with Crippen LogP contribution in [0.1, 0.15) is 10.4 Å². The molecule has 0 atom stereocenters. The third-order valence-corrected chi connectivity index (χ3v) is 5.00. The van der Waals surface area contributed by atoms with Crippen LogP contribution in [0.25, 0.3) is 16.9 Å². The third kappa shape index (κ3) is 5.27. The van der Waals surface area contributed by atoms with Gasteiger partial charge < -0.3 is 15.0 Å². The molecule has 33 heavy (non-hydrogen) atoms. The number of anilines is 1. The number of aromatic nitrogens is 2. The average molecular weight is 441 g/mol. The minimum Gasteiger partial charge on any atom is -0.484 e. The Morgan fingerprint density at radius 3 is 2.18 bits per heavy atom. The number of hydrogen-bond acceptors (Lipinski definition) is 4. The Kier molecular flexibility index (Phi) is 6.50. The fraction of sp³-hybridized carbons (Fsp3) is 0.115. The Morgan fingerprint density at radius 2 is 1.55 bits per heavy atom. The maximum absolute atomic E-state index is 13.2. The molecule has 4 aromatic rings. The smallest absolute Gasteiger partial charge is 0.259 e. The van der Waals surface area contributed by atoms with Crippen molar-refractivity contribution in [1.29, 1.82) is 0 Å². The highest BCUT2D eigenvalue weighted by atomic mass is 16.5. The number of carbonyl (C=O) groups excluding carboxylic acids is 2. The molecule has 4 rings (SSSR count). The highest BCUT2D eigenvalue weighted by Crippen LogP contribution is 2.25. The van der Waals surface area contributed by atoms with Crippen LogP contribution in [0.3, 0.4) is 0 Å². The van der Waals surface area contributed by atoms with Crippen molar-refractivity contribution in [3.8, 4) is 22.7 Å². The van der Waals surface area contributed by atoms with E-state index in [-0.39, 0.29) is 18.4 Å². The van der Waals surface area contributed by atoms with E-state index in [1.165, 1.54) is 4.90 Å². The highest BCUT2D eigenvalue weighted by molar-refractivity contribution is 6.08. The molecule has 0 aliphatic rings. The first-order valence-corrected chi connectivity index (χ1v) is 10.5. The SMILES string of the molecule is CN(C)C(=O)COc1ccc(NC(=O)c2cn(-c3ccccc3)nc2-c2ccccc2)cc1. The monoisotopic (exact) mass is 440 g/mol. The summed E-state index contributed by atoms with van der Waals surface area (Å²) in [5.41, 5.74) is 3.38. The lowest BCUT2D eigenvalue weighted by Gasteiger charge is -2.11. The zero-order valence-electron chi connectivity index (χ0n) is 18.4. The summed E-state index contributed by atoms with van der Waals surface area (Å²) < 4.78 is 7.19. The quantitative estimate of drug-likeness (QED) is 0.466. The molecule has 7 nitrogen and oxygen atoms in total. The van der Waals surface area contributed by atoms with E-state index in [0.717, 1.165) is 11.3 Å². The average Bonchev–Trinajstić information content (AvgIpc) is 3.30. The Labute approximate surface area is 192 Å². The lowest BCUT2D eigenvalue weighted by molar-refractivity contribution is -0.130. The van der Waals surface area contributed by atoms with E-state index < -0.39 is 0 Å². The minimum atomic E-state index is -0.271. The van der Waals surface area contributed by atoms with E-state index in [1.54, 1.807) is 49.2 Å². The summed E-state index contributed by atoms with van der Waals surface area (Å²) in [4.78, 5) is 26.3. The van der Waals surface area contributed by atoms with Crippen molar-refractivity contribution < 1.29 is 14.3 Å². The highest BCUT2D eigenvalue weighted by Gasteiger charge is 2.19. The van der Waals surface area contributed by atoms with Gasteiger partial charge in [0.15, 0.2) is 6.61 Å². The number of likely N-dealkylation sites (N-methyl/N-ethyl adjacent to an activating group) is 1. The van der Waals surface area contributed by atoms with E-state index >= 15 is 0 Å². The number of para-hydroxylation sites is 1. The Morgan fingerprint density at radius 1 is 0.909 bits per heavy atom. The Bertz CT molecular complexity index is 1230. The number of hydrogen-bond donors (Lipinski definition) is 1. The molecule has 1 heterocycles. The van der Waals surface area contributed by atoms with Gasteiger partial charge in [-0.3, -0.25) is 9.59 Å². The molecule has 0 unspecified atom stereocenters. The van der Waals surface area contributed by atoms with Gasteiger partial charge in [-0.15, -0.1) is 0 Å². The van der Waals surface area contributed by atoms with Crippen LogP contribution in [0.4, 0.5) is 5.69 Å². The molecule has 166 valence electrons. The summed E-state index contributed by atoms with van der Waals surface area (Å²) in [6, 6.07) is 26.1. The molecule has 0 spiro atoms. The fourth-order valence-corrected chi connectivity index (χ4v) is 3.17. The largest absolute Gasteiger partial charge is 0.484 e. The summed E-state index contributed by atoms with van der Waals surface area (Å²) in [6.45, 7) is -0.0438. The van der Waals surface area contributed by atoms with Crippen LogP contribution in [0.5, 0.6) is 5.75 Å². The number of rotatable bonds is 7. The number of carbonyl (C=O) groups is 2. The predicted octanol–water partition coefficient (Wildman–Crippen LogP) is 4.26. The lowest BCUT2D eigenvalue weighted by atomic mass is 10.1. The Hall–Kier alpha value is -4.39. The first kappa shape index (κ1) is 21.8. The molecule has 0 aliphatic carbocycles. The van der Waals surface area contributed by atoms with Crippen LogP contribution in [-0.2, 0) is 4.79 Å². The summed E-state index contributed by atoms with van der Waals surface area (Å²) in [5, 5.41) is 7.60. The number of nitrogens with one attached hydrogen (secondary N) is 1. The molecule has 0 aliphatic heterocycles. The van der Waals surface area contributed by atoms with Gasteiger partial charge in [0.1, 0.15) is 11.4 Å². The molecule has 3 aromatic carbocycles. The van der Waals surface area contributed by atoms with Gasteiger partial charge in [-0.25, -0.2) is 4.68 Å². The predicted molar refractivity (Wildman–Crippen MR) is 128 cm³/mol. The molecule has 1 N–H and O–H groups in total. The number of amides is 2. The normalized spacial score (nSPS) is 10.5. The minimum absolute atomic E-state index is 0.0438. The second-order valence-electron chi connectivity index (χ2n) is 7.59. The summed E-state index contributed by atoms with van der Waals surface area (Å²) in [7, 11) is 3.35. The van der Waals surface area contributed by atoms with Crippen molar-refractivity contribution in [3.05, 3.63) is 96.7 Å². The van der Waals surface area contributed by atoms with Gasteiger partial charge in [-0.1, -0.05) is 48.5 Å². The van der Waals surface area contributed by atoms with Crippen molar-refractivity contribution in [2.45, 2.75) is 0 Å². The molecular weight excluding hydrogens is 416 g/mol. The summed E-state index contributed by atoms with van der Waals surface area (Å²) in [5.74, 6) is 0.147. The van der Waals surface area contributed by atoms with Crippen LogP contribution in [0.2, 0.25) is 0 Å². The molecule has 0 radical (unpaired) electrons. The molecule has 7 heteroatoms. The first-order chi connectivity index (χ1) is 16.0. The molecule has 0 bridgehead atoms. The van der Waals surface area contributed by atoms with Gasteiger partial charge >= 0.3 is 0 Å². The zero-order valence-corrected chi connectivity index (χ0v) is 18.4. The molecule has 0 fully saturated rings. The van der Waals surface area contributed by atoms with E-state index in [9.17, 15) is 9.59 Å². The van der Waals surface area contributed by atoms with Crippen molar-refractivity contribution >= 4 is 17.5 Å². The number of nitrogens with zero attached hydrogens (tertiary/aromatic N) is 3. The van der Waals surface area contributed by atoms with E-state index in [2.05, 4.69) is 10.4 Å². The van der Waals surface area contributed by atoms with Gasteiger partial charge in [0.2, 0.25) is 0 Å². The third-order valence-electron chi connectivity index (χ3n) is 5.00. The van der Waals surface area contributed by atoms with Gasteiger partial charge in [0.05, 0.1) is 11.3 Å². The first-order valence-electron chi connectivity index (χ1n) is 10.5. The van der Waals surface area contributed by atoms with Crippen LogP contribution >= 0.6 is 0 Å². The van der Waals surface area contributed by atoms with Crippen molar-refractivity contribution in [2.24, 2.45) is 0 Å². The summed E-state index contributed by atoms with van der Waals surface area (Å²) >= 11 is 0. The van der Waals surface area contributed by atoms with Crippen LogP contribution in [0.15, 0.2) is 91.1 Å². The van der Waals surface area contributed by atoms with Crippen LogP contribution in [0, 0.1) is 0 Å². The fourth-order valence-electron chi connectivity index (χ4n) is 3.17. The number of ether oxygens (including phenoxy) is 1. The van der Waals surface area contributed by atoms with E-state index in [0.29, 0.717) is 22.7 Å². The second-order valence-corrected chi connectivity index (χ2v) is 7.59. The molecular formula is C26H24N4O3. The summed E-state index contributed by atoms with van der Waals surface area (Å²) in [6.07, 6.45) is 1.73. The Balaban J connectivity index is 1.55. The maximum atomic E-state index is 13.2. The zero-order chi connectivity index (χ0) is 23.2. The van der Waals surface area contributed by atoms with Crippen molar-refractivity contribution in [1.82, 2.24) is 14.7 Å². The van der Waals surface area contributed by atoms with Gasteiger partial charge in [0.25, 0.3) is 11.8 Å². The standard InChI is InChI=1S/C26H24N4O3/c1-29(2)24(31)18-33-22-15-13-20(14-16-22)27-26(32)23-17-30(21-11-7-4-8-12-21)28-25(23)19-9-5-3-6-10-19/h3-17H,18H2,1-2H3,(H,27,32). The molecule has 0 saturated carbocycles.